The summed E-state index contributed by atoms with van der Waals surface area (Å²) >= 11 is 0. The monoisotopic (exact) mass is 358 g/mol. The number of aryl methyl sites for hydroxylation is 2. The van der Waals surface area contributed by atoms with E-state index in [4.69, 9.17) is 0 Å². The van der Waals surface area contributed by atoms with E-state index in [2.05, 4.69) is 41.7 Å². The highest BCUT2D eigenvalue weighted by Gasteiger charge is 2.01. The zero-order chi connectivity index (χ0) is 14.5. The lowest BCUT2D eigenvalue weighted by Gasteiger charge is -2.01. The molecule has 21 heavy (non-hydrogen) atoms. The van der Waals surface area contributed by atoms with Crippen LogP contribution in [0.5, 0.6) is 0 Å². The van der Waals surface area contributed by atoms with Crippen molar-refractivity contribution in [3.63, 3.8) is 0 Å². The molecule has 3 heteroatoms. The van der Waals surface area contributed by atoms with E-state index < -0.39 is 0 Å². The molecule has 1 aromatic heterocycles. The third-order valence-corrected chi connectivity index (χ3v) is 4.00. The Bertz CT molecular complexity index is 323. The van der Waals surface area contributed by atoms with Crippen LogP contribution in [0.15, 0.2) is 18.7 Å². The summed E-state index contributed by atoms with van der Waals surface area (Å²) in [4.78, 5) is 0. The Hall–Kier alpha value is -0.310. The van der Waals surface area contributed by atoms with Crippen molar-refractivity contribution in [2.75, 3.05) is 0 Å². The molecule has 0 aliphatic heterocycles. The number of aromatic nitrogens is 2. The molecular weight excluding hydrogens is 324 g/mol. The van der Waals surface area contributed by atoms with Crippen molar-refractivity contribution >= 4 is 0 Å². The van der Waals surface area contributed by atoms with Crippen molar-refractivity contribution in [3.05, 3.63) is 18.7 Å². The molecular formula is C18H35BrN2. The zero-order valence-electron chi connectivity index (χ0n) is 14.2. The molecule has 2 nitrogen and oxygen atoms in total. The van der Waals surface area contributed by atoms with Gasteiger partial charge in [-0.05, 0) is 19.3 Å². The number of nitrogens with zero attached hydrogens (tertiary/aromatic N) is 2. The molecule has 0 amide bonds. The standard InChI is InChI=1S/C18H35N2.BrH/c1-3-5-6-7-8-9-10-11-12-13-15-20-17-16-19(18-20)14-4-2;/h16-18H,3-15H2,1-2H3;1H/q+1;/p-1. The Labute approximate surface area is 142 Å². The lowest BCUT2D eigenvalue weighted by Crippen LogP contribution is -3.00. The minimum atomic E-state index is 0. The van der Waals surface area contributed by atoms with Crippen LogP contribution in [0.1, 0.15) is 84.5 Å². The van der Waals surface area contributed by atoms with E-state index in [1.54, 1.807) is 0 Å². The van der Waals surface area contributed by atoms with E-state index >= 15 is 0 Å². The number of hydrogen-bond acceptors (Lipinski definition) is 0. The number of imidazole rings is 1. The van der Waals surface area contributed by atoms with Gasteiger partial charge in [-0.25, -0.2) is 9.13 Å². The van der Waals surface area contributed by atoms with Crippen LogP contribution in [0.25, 0.3) is 0 Å². The van der Waals surface area contributed by atoms with Gasteiger partial charge in [0, 0.05) is 0 Å². The molecule has 0 fully saturated rings. The Morgan fingerprint density at radius 2 is 1.33 bits per heavy atom. The summed E-state index contributed by atoms with van der Waals surface area (Å²) in [5.74, 6) is 0. The fourth-order valence-corrected chi connectivity index (χ4v) is 2.74. The average molecular weight is 359 g/mol. The van der Waals surface area contributed by atoms with Gasteiger partial charge < -0.3 is 17.0 Å². The maximum Gasteiger partial charge on any atom is 0.243 e. The van der Waals surface area contributed by atoms with Crippen LogP contribution < -0.4 is 21.5 Å². The minimum absolute atomic E-state index is 0. The van der Waals surface area contributed by atoms with E-state index in [-0.39, 0.29) is 17.0 Å². The SMILES string of the molecule is CCCCCCCCCCCC[n+]1ccn(CCC)c1.[Br-]. The molecule has 0 unspecified atom stereocenters. The van der Waals surface area contributed by atoms with Gasteiger partial charge >= 0.3 is 0 Å². The van der Waals surface area contributed by atoms with Gasteiger partial charge in [-0.15, -0.1) is 0 Å². The summed E-state index contributed by atoms with van der Waals surface area (Å²) in [6, 6.07) is 0. The first-order valence-electron chi connectivity index (χ1n) is 8.91. The normalized spacial score (nSPS) is 10.6. The maximum absolute atomic E-state index is 2.33. The Balaban J connectivity index is 0.00000400. The molecule has 1 rings (SSSR count). The highest BCUT2D eigenvalue weighted by molar-refractivity contribution is 4.65. The molecule has 0 saturated heterocycles. The third kappa shape index (κ3) is 11.0. The summed E-state index contributed by atoms with van der Waals surface area (Å²) in [6.07, 6.45) is 22.0. The van der Waals surface area contributed by atoms with Crippen LogP contribution in [-0.4, -0.2) is 4.57 Å². The average Bonchev–Trinajstić information content (AvgIpc) is 2.89. The zero-order valence-corrected chi connectivity index (χ0v) is 15.8. The number of rotatable bonds is 13. The number of hydrogen-bond donors (Lipinski definition) is 0. The second kappa shape index (κ2) is 14.6. The molecule has 0 radical (unpaired) electrons. The molecule has 1 aromatic rings. The van der Waals surface area contributed by atoms with Gasteiger partial charge in [0.25, 0.3) is 0 Å². The first-order valence-corrected chi connectivity index (χ1v) is 8.91. The van der Waals surface area contributed by atoms with Gasteiger partial charge in [0.2, 0.25) is 6.33 Å². The van der Waals surface area contributed by atoms with Crippen molar-refractivity contribution in [3.8, 4) is 0 Å². The Morgan fingerprint density at radius 3 is 1.90 bits per heavy atom. The molecule has 0 saturated carbocycles. The molecule has 0 aliphatic rings. The van der Waals surface area contributed by atoms with E-state index in [0.29, 0.717) is 0 Å². The fourth-order valence-electron chi connectivity index (χ4n) is 2.74. The number of halogens is 1. The molecule has 0 atom stereocenters. The Kier molecular flexibility index (Phi) is 14.4. The van der Waals surface area contributed by atoms with Crippen LogP contribution in [0.3, 0.4) is 0 Å². The van der Waals surface area contributed by atoms with Crippen molar-refractivity contribution < 1.29 is 21.5 Å². The number of unbranched alkanes of at least 4 members (excludes halogenated alkanes) is 9. The summed E-state index contributed by atoms with van der Waals surface area (Å²) < 4.78 is 4.62. The highest BCUT2D eigenvalue weighted by Crippen LogP contribution is 2.10. The minimum Gasteiger partial charge on any atom is -1.00 e. The largest absolute Gasteiger partial charge is 1.00 e. The maximum atomic E-state index is 2.33. The first kappa shape index (κ1) is 20.7. The van der Waals surface area contributed by atoms with Crippen molar-refractivity contribution in [1.29, 1.82) is 0 Å². The topological polar surface area (TPSA) is 8.81 Å². The van der Waals surface area contributed by atoms with Crippen LogP contribution in [-0.2, 0) is 13.1 Å². The van der Waals surface area contributed by atoms with E-state index in [1.807, 2.05) is 0 Å². The van der Waals surface area contributed by atoms with Gasteiger partial charge in [0.15, 0.2) is 0 Å². The molecule has 0 N–H and O–H groups in total. The molecule has 124 valence electrons. The molecule has 0 bridgehead atoms. The molecule has 0 aromatic carbocycles. The summed E-state index contributed by atoms with van der Waals surface area (Å²) in [5, 5.41) is 0. The van der Waals surface area contributed by atoms with Gasteiger partial charge in [-0.1, -0.05) is 65.2 Å². The predicted octanol–water partition coefficient (Wildman–Crippen LogP) is 2.11. The van der Waals surface area contributed by atoms with Crippen LogP contribution in [0.2, 0.25) is 0 Å². The fraction of sp³-hybridized carbons (Fsp3) is 0.833. The van der Waals surface area contributed by atoms with Crippen LogP contribution in [0.4, 0.5) is 0 Å². The predicted molar refractivity (Wildman–Crippen MR) is 86.8 cm³/mol. The van der Waals surface area contributed by atoms with Crippen LogP contribution in [0, 0.1) is 0 Å². The molecule has 0 spiro atoms. The van der Waals surface area contributed by atoms with Crippen molar-refractivity contribution in [2.45, 2.75) is 97.6 Å². The van der Waals surface area contributed by atoms with E-state index in [0.717, 1.165) is 6.54 Å². The summed E-state index contributed by atoms with van der Waals surface area (Å²) in [6.45, 7) is 6.85. The van der Waals surface area contributed by atoms with Gasteiger partial charge in [-0.2, -0.15) is 0 Å². The van der Waals surface area contributed by atoms with Crippen molar-refractivity contribution in [1.82, 2.24) is 4.57 Å². The highest BCUT2D eigenvalue weighted by atomic mass is 79.9. The quantitative estimate of drug-likeness (QED) is 0.377. The molecule has 1 heterocycles. The molecule has 0 aliphatic carbocycles. The summed E-state index contributed by atoms with van der Waals surface area (Å²) in [5.41, 5.74) is 0. The van der Waals surface area contributed by atoms with E-state index in [1.165, 1.54) is 77.2 Å². The van der Waals surface area contributed by atoms with Crippen molar-refractivity contribution in [2.24, 2.45) is 0 Å². The smallest absolute Gasteiger partial charge is 0.243 e. The van der Waals surface area contributed by atoms with Gasteiger partial charge in [-0.3, -0.25) is 0 Å². The Morgan fingerprint density at radius 1 is 0.762 bits per heavy atom. The van der Waals surface area contributed by atoms with Gasteiger partial charge in [0.05, 0.1) is 13.1 Å². The van der Waals surface area contributed by atoms with E-state index in [9.17, 15) is 0 Å². The lowest BCUT2D eigenvalue weighted by molar-refractivity contribution is -0.696. The lowest BCUT2D eigenvalue weighted by atomic mass is 10.1. The first-order chi connectivity index (χ1) is 9.86. The summed E-state index contributed by atoms with van der Waals surface area (Å²) in [7, 11) is 0. The van der Waals surface area contributed by atoms with Gasteiger partial charge in [0.1, 0.15) is 12.4 Å². The van der Waals surface area contributed by atoms with Crippen LogP contribution >= 0.6 is 0 Å². The second-order valence-corrected chi connectivity index (χ2v) is 6.07. The third-order valence-electron chi connectivity index (χ3n) is 4.00. The second-order valence-electron chi connectivity index (χ2n) is 6.07.